The number of anilines is 1. The van der Waals surface area contributed by atoms with Crippen molar-refractivity contribution in [1.29, 1.82) is 0 Å². The topological polar surface area (TPSA) is 49.5 Å². The van der Waals surface area contributed by atoms with Gasteiger partial charge in [0.15, 0.2) is 0 Å². The van der Waals surface area contributed by atoms with Crippen LogP contribution in [0.2, 0.25) is 0 Å². The number of aliphatic hydroxyl groups excluding tert-OH is 1. The number of rotatable bonds is 5. The van der Waals surface area contributed by atoms with Gasteiger partial charge < -0.3 is 15.7 Å². The van der Waals surface area contributed by atoms with Crippen LogP contribution in [0.3, 0.4) is 0 Å². The van der Waals surface area contributed by atoms with Crippen molar-refractivity contribution in [2.75, 3.05) is 18.5 Å². The summed E-state index contributed by atoms with van der Waals surface area (Å²) in [4.78, 5) is 2.13. The van der Waals surface area contributed by atoms with E-state index in [9.17, 15) is 5.11 Å². The zero-order chi connectivity index (χ0) is 13.0. The lowest BCUT2D eigenvalue weighted by molar-refractivity contribution is 0.187. The minimum Gasteiger partial charge on any atom is -0.393 e. The Morgan fingerprint density at radius 2 is 2.06 bits per heavy atom. The molecule has 4 heteroatoms. The molecule has 0 heterocycles. The van der Waals surface area contributed by atoms with Crippen molar-refractivity contribution >= 4 is 21.6 Å². The quantitative estimate of drug-likeness (QED) is 0.879. The number of aliphatic hydroxyl groups is 1. The van der Waals surface area contributed by atoms with E-state index in [0.717, 1.165) is 28.7 Å². The summed E-state index contributed by atoms with van der Waals surface area (Å²) >= 11 is 3.54. The molecule has 1 aromatic carbocycles. The van der Waals surface area contributed by atoms with Crippen molar-refractivity contribution in [2.45, 2.75) is 32.4 Å². The summed E-state index contributed by atoms with van der Waals surface area (Å²) in [5, 5.41) is 9.27. The summed E-state index contributed by atoms with van der Waals surface area (Å²) < 4.78 is 1.04. The molecule has 3 nitrogen and oxygen atoms in total. The molecule has 0 aromatic heterocycles. The standard InChI is InChI=1S/C13H21BrN2O/c1-9(17)6-7-16(3)11-4-5-12(10(2)15)13(14)8-11/h4-5,8-10,17H,6-7,15H2,1-3H3. The Balaban J connectivity index is 2.75. The first-order valence-corrected chi connectivity index (χ1v) is 6.65. The van der Waals surface area contributed by atoms with Crippen LogP contribution in [0.1, 0.15) is 31.9 Å². The summed E-state index contributed by atoms with van der Waals surface area (Å²) in [6.07, 6.45) is 0.507. The monoisotopic (exact) mass is 300 g/mol. The Morgan fingerprint density at radius 3 is 2.53 bits per heavy atom. The number of benzene rings is 1. The molecule has 0 saturated heterocycles. The van der Waals surface area contributed by atoms with Gasteiger partial charge in [0.05, 0.1) is 6.10 Å². The van der Waals surface area contributed by atoms with Crippen LogP contribution in [-0.2, 0) is 0 Å². The Morgan fingerprint density at radius 1 is 1.41 bits per heavy atom. The van der Waals surface area contributed by atoms with Crippen molar-refractivity contribution in [3.63, 3.8) is 0 Å². The Kier molecular flexibility index (Phi) is 5.43. The van der Waals surface area contributed by atoms with Gasteiger partial charge in [-0.3, -0.25) is 0 Å². The van der Waals surface area contributed by atoms with E-state index in [1.54, 1.807) is 0 Å². The van der Waals surface area contributed by atoms with Crippen LogP contribution in [0.5, 0.6) is 0 Å². The van der Waals surface area contributed by atoms with E-state index in [1.807, 2.05) is 27.0 Å². The summed E-state index contributed by atoms with van der Waals surface area (Å²) in [5.74, 6) is 0. The molecule has 0 fully saturated rings. The second-order valence-electron chi connectivity index (χ2n) is 4.55. The van der Waals surface area contributed by atoms with Gasteiger partial charge in [-0.2, -0.15) is 0 Å². The van der Waals surface area contributed by atoms with Crippen molar-refractivity contribution in [1.82, 2.24) is 0 Å². The highest BCUT2D eigenvalue weighted by Gasteiger charge is 2.08. The lowest BCUT2D eigenvalue weighted by atomic mass is 10.1. The fourth-order valence-electron chi connectivity index (χ4n) is 1.63. The van der Waals surface area contributed by atoms with E-state index in [0.29, 0.717) is 0 Å². The predicted molar refractivity (Wildman–Crippen MR) is 76.3 cm³/mol. The smallest absolute Gasteiger partial charge is 0.0528 e. The zero-order valence-corrected chi connectivity index (χ0v) is 12.2. The maximum absolute atomic E-state index is 9.27. The molecule has 17 heavy (non-hydrogen) atoms. The second-order valence-corrected chi connectivity index (χ2v) is 5.41. The number of hydrogen-bond donors (Lipinski definition) is 2. The molecule has 0 bridgehead atoms. The van der Waals surface area contributed by atoms with Gasteiger partial charge in [-0.15, -0.1) is 0 Å². The van der Waals surface area contributed by atoms with Gasteiger partial charge in [-0.1, -0.05) is 22.0 Å². The fourth-order valence-corrected chi connectivity index (χ4v) is 2.36. The van der Waals surface area contributed by atoms with Crippen LogP contribution >= 0.6 is 15.9 Å². The van der Waals surface area contributed by atoms with Crippen molar-refractivity contribution < 1.29 is 5.11 Å². The molecule has 0 spiro atoms. The Bertz CT molecular complexity index is 366. The Labute approximate surface area is 112 Å². The summed E-state index contributed by atoms with van der Waals surface area (Å²) in [5.41, 5.74) is 8.10. The van der Waals surface area contributed by atoms with Crippen LogP contribution < -0.4 is 10.6 Å². The minimum atomic E-state index is -0.260. The predicted octanol–water partition coefficient (Wildman–Crippen LogP) is 2.68. The van der Waals surface area contributed by atoms with Crippen molar-refractivity contribution in [3.8, 4) is 0 Å². The van der Waals surface area contributed by atoms with Crippen LogP contribution in [0.25, 0.3) is 0 Å². The van der Waals surface area contributed by atoms with E-state index in [1.165, 1.54) is 0 Å². The third kappa shape index (κ3) is 4.30. The molecule has 3 N–H and O–H groups in total. The minimum absolute atomic E-state index is 0.0289. The molecule has 0 radical (unpaired) electrons. The van der Waals surface area contributed by atoms with Gasteiger partial charge in [0, 0.05) is 29.8 Å². The van der Waals surface area contributed by atoms with E-state index in [4.69, 9.17) is 5.73 Å². The first kappa shape index (κ1) is 14.5. The average molecular weight is 301 g/mol. The van der Waals surface area contributed by atoms with E-state index in [-0.39, 0.29) is 12.1 Å². The molecule has 0 saturated carbocycles. The van der Waals surface area contributed by atoms with Gasteiger partial charge in [0.2, 0.25) is 0 Å². The van der Waals surface area contributed by atoms with E-state index in [2.05, 4.69) is 33.0 Å². The molecule has 0 aliphatic carbocycles. The largest absolute Gasteiger partial charge is 0.393 e. The first-order valence-electron chi connectivity index (χ1n) is 5.86. The molecular formula is C13H21BrN2O. The highest BCUT2D eigenvalue weighted by Crippen LogP contribution is 2.27. The normalized spacial score (nSPS) is 14.5. The third-order valence-corrected chi connectivity index (χ3v) is 3.48. The maximum Gasteiger partial charge on any atom is 0.0528 e. The molecule has 2 unspecified atom stereocenters. The summed E-state index contributed by atoms with van der Waals surface area (Å²) in [6.45, 7) is 4.61. The van der Waals surface area contributed by atoms with Gasteiger partial charge in [-0.25, -0.2) is 0 Å². The molecule has 96 valence electrons. The second kappa shape index (κ2) is 6.38. The van der Waals surface area contributed by atoms with E-state index < -0.39 is 0 Å². The highest BCUT2D eigenvalue weighted by molar-refractivity contribution is 9.10. The van der Waals surface area contributed by atoms with Crippen molar-refractivity contribution in [2.24, 2.45) is 5.73 Å². The maximum atomic E-state index is 9.27. The molecular weight excluding hydrogens is 280 g/mol. The SMILES string of the molecule is CC(O)CCN(C)c1ccc(C(C)N)c(Br)c1. The first-order chi connectivity index (χ1) is 7.91. The third-order valence-electron chi connectivity index (χ3n) is 2.80. The summed E-state index contributed by atoms with van der Waals surface area (Å²) in [6, 6.07) is 6.20. The number of nitrogens with zero attached hydrogens (tertiary/aromatic N) is 1. The van der Waals surface area contributed by atoms with Crippen LogP contribution in [0, 0.1) is 0 Å². The zero-order valence-electron chi connectivity index (χ0n) is 10.7. The average Bonchev–Trinajstić information content (AvgIpc) is 2.25. The van der Waals surface area contributed by atoms with Gasteiger partial charge >= 0.3 is 0 Å². The molecule has 0 amide bonds. The lowest BCUT2D eigenvalue weighted by Crippen LogP contribution is -2.22. The van der Waals surface area contributed by atoms with Crippen molar-refractivity contribution in [3.05, 3.63) is 28.2 Å². The van der Waals surface area contributed by atoms with Gasteiger partial charge in [-0.05, 0) is 38.0 Å². The van der Waals surface area contributed by atoms with Crippen LogP contribution in [0.15, 0.2) is 22.7 Å². The fraction of sp³-hybridized carbons (Fsp3) is 0.538. The molecule has 0 aliphatic rings. The lowest BCUT2D eigenvalue weighted by Gasteiger charge is -2.21. The summed E-state index contributed by atoms with van der Waals surface area (Å²) in [7, 11) is 2.02. The number of hydrogen-bond acceptors (Lipinski definition) is 3. The number of halogens is 1. The van der Waals surface area contributed by atoms with Gasteiger partial charge in [0.1, 0.15) is 0 Å². The number of nitrogens with two attached hydrogens (primary N) is 1. The molecule has 0 aliphatic heterocycles. The molecule has 2 atom stereocenters. The van der Waals surface area contributed by atoms with E-state index >= 15 is 0 Å². The van der Waals surface area contributed by atoms with Crippen LogP contribution in [-0.4, -0.2) is 24.8 Å². The molecule has 1 rings (SSSR count). The van der Waals surface area contributed by atoms with Gasteiger partial charge in [0.25, 0.3) is 0 Å². The molecule has 1 aromatic rings. The Hall–Kier alpha value is -0.580. The van der Waals surface area contributed by atoms with Crippen LogP contribution in [0.4, 0.5) is 5.69 Å². The highest BCUT2D eigenvalue weighted by atomic mass is 79.9.